The summed E-state index contributed by atoms with van der Waals surface area (Å²) in [5.74, 6) is -3.20. The Hall–Kier alpha value is -2.13. The number of nitrogens with one attached hydrogen (secondary N) is 2. The van der Waals surface area contributed by atoms with Crippen molar-refractivity contribution < 1.29 is 32.3 Å². The van der Waals surface area contributed by atoms with E-state index in [9.17, 15) is 27.6 Å². The Morgan fingerprint density at radius 2 is 2.00 bits per heavy atom. The van der Waals surface area contributed by atoms with Crippen molar-refractivity contribution >= 4 is 24.0 Å². The number of halogens is 3. The van der Waals surface area contributed by atoms with Gasteiger partial charge in [-0.15, -0.1) is 0 Å². The van der Waals surface area contributed by atoms with E-state index in [0.29, 0.717) is 19.4 Å². The van der Waals surface area contributed by atoms with E-state index in [2.05, 4.69) is 15.0 Å². The Labute approximate surface area is 143 Å². The monoisotopic (exact) mass is 365 g/mol. The van der Waals surface area contributed by atoms with Gasteiger partial charge in [0.2, 0.25) is 5.91 Å². The standard InChI is InChI=1S/C15H22F3N3O4/c1-9-6-8-19-11(9)12(22)20-7-4-3-5-10(13(23)25-2)21-14(24)15(16,17)18/h8-11H,3-7H2,1-2H3,(H,20,22)(H,21,24)/t9-,10-,11-/m1/s1. The van der Waals surface area contributed by atoms with Crippen LogP contribution in [0.15, 0.2) is 4.99 Å². The summed E-state index contributed by atoms with van der Waals surface area (Å²) < 4.78 is 41.2. The average Bonchev–Trinajstić information content (AvgIpc) is 2.97. The van der Waals surface area contributed by atoms with E-state index >= 15 is 0 Å². The van der Waals surface area contributed by atoms with Gasteiger partial charge in [-0.05, 0) is 31.6 Å². The summed E-state index contributed by atoms with van der Waals surface area (Å²) in [6.07, 6.45) is -1.88. The molecule has 3 atom stereocenters. The maximum absolute atomic E-state index is 12.3. The van der Waals surface area contributed by atoms with Crippen LogP contribution in [0.25, 0.3) is 0 Å². The smallest absolute Gasteiger partial charge is 0.467 e. The lowest BCUT2D eigenvalue weighted by Crippen LogP contribution is -2.47. The summed E-state index contributed by atoms with van der Waals surface area (Å²) in [6, 6.07) is -1.79. The lowest BCUT2D eigenvalue weighted by Gasteiger charge is -2.17. The Morgan fingerprint density at radius 1 is 1.32 bits per heavy atom. The fourth-order valence-electron chi connectivity index (χ4n) is 2.36. The minimum atomic E-state index is -5.07. The van der Waals surface area contributed by atoms with Gasteiger partial charge in [0.15, 0.2) is 0 Å². The number of nitrogens with zero attached hydrogens (tertiary/aromatic N) is 1. The zero-order valence-corrected chi connectivity index (χ0v) is 14.1. The van der Waals surface area contributed by atoms with Crippen LogP contribution >= 0.6 is 0 Å². The summed E-state index contributed by atoms with van der Waals surface area (Å²) in [6.45, 7) is 2.22. The first kappa shape index (κ1) is 20.9. The number of methoxy groups -OCH3 is 1. The molecule has 0 aromatic carbocycles. The van der Waals surface area contributed by atoms with Gasteiger partial charge in [0.05, 0.1) is 7.11 Å². The maximum atomic E-state index is 12.3. The van der Waals surface area contributed by atoms with Gasteiger partial charge in [-0.1, -0.05) is 6.92 Å². The molecule has 0 saturated heterocycles. The van der Waals surface area contributed by atoms with Gasteiger partial charge in [0.1, 0.15) is 12.1 Å². The highest BCUT2D eigenvalue weighted by Gasteiger charge is 2.40. The first-order chi connectivity index (χ1) is 11.7. The van der Waals surface area contributed by atoms with Crippen LogP contribution in [0.4, 0.5) is 13.2 Å². The normalized spacial score (nSPS) is 20.8. The summed E-state index contributed by atoms with van der Waals surface area (Å²) in [5.41, 5.74) is 0. The number of esters is 1. The van der Waals surface area contributed by atoms with Crippen molar-refractivity contribution in [2.24, 2.45) is 10.9 Å². The van der Waals surface area contributed by atoms with E-state index in [1.807, 2.05) is 6.92 Å². The lowest BCUT2D eigenvalue weighted by molar-refractivity contribution is -0.175. The van der Waals surface area contributed by atoms with Crippen molar-refractivity contribution in [2.75, 3.05) is 13.7 Å². The number of aliphatic imine (C=N–C) groups is 1. The second kappa shape index (κ2) is 9.38. The quantitative estimate of drug-likeness (QED) is 0.495. The van der Waals surface area contributed by atoms with Gasteiger partial charge in [0.25, 0.3) is 0 Å². The SMILES string of the molecule is COC(=O)[C@@H](CCCCNC(=O)[C@@H]1N=CC[C@H]1C)NC(=O)C(F)(F)F. The Morgan fingerprint density at radius 3 is 2.52 bits per heavy atom. The molecular weight excluding hydrogens is 343 g/mol. The molecule has 7 nitrogen and oxygen atoms in total. The van der Waals surface area contributed by atoms with Gasteiger partial charge in [-0.2, -0.15) is 13.2 Å². The van der Waals surface area contributed by atoms with Crippen LogP contribution < -0.4 is 10.6 Å². The van der Waals surface area contributed by atoms with E-state index in [1.165, 1.54) is 0 Å². The third-order valence-electron chi connectivity index (χ3n) is 3.82. The van der Waals surface area contributed by atoms with Crippen molar-refractivity contribution in [1.29, 1.82) is 0 Å². The van der Waals surface area contributed by atoms with E-state index in [0.717, 1.165) is 13.5 Å². The summed E-state index contributed by atoms with van der Waals surface area (Å²) in [4.78, 5) is 38.4. The number of carbonyl (C=O) groups is 3. The molecule has 0 bridgehead atoms. The van der Waals surface area contributed by atoms with E-state index in [-0.39, 0.29) is 18.2 Å². The van der Waals surface area contributed by atoms with Gasteiger partial charge < -0.3 is 15.4 Å². The summed E-state index contributed by atoms with van der Waals surface area (Å²) in [7, 11) is 1.03. The minimum Gasteiger partial charge on any atom is -0.467 e. The van der Waals surface area contributed by atoms with Crippen LogP contribution in [0, 0.1) is 5.92 Å². The third-order valence-corrected chi connectivity index (χ3v) is 3.82. The second-order valence-corrected chi connectivity index (χ2v) is 5.82. The molecule has 0 aromatic heterocycles. The van der Waals surface area contributed by atoms with Crippen molar-refractivity contribution in [1.82, 2.24) is 10.6 Å². The number of alkyl halides is 3. The molecular formula is C15H22F3N3O4. The van der Waals surface area contributed by atoms with Crippen LogP contribution in [-0.4, -0.2) is 55.9 Å². The molecule has 1 rings (SSSR count). The molecule has 2 N–H and O–H groups in total. The van der Waals surface area contributed by atoms with Gasteiger partial charge in [-0.3, -0.25) is 14.6 Å². The van der Waals surface area contributed by atoms with Crippen LogP contribution in [0.5, 0.6) is 0 Å². The number of rotatable bonds is 8. The van der Waals surface area contributed by atoms with Crippen LogP contribution in [0.2, 0.25) is 0 Å². The molecule has 1 aliphatic heterocycles. The molecule has 0 aliphatic carbocycles. The van der Waals surface area contributed by atoms with E-state index in [4.69, 9.17) is 0 Å². The molecule has 2 amide bonds. The van der Waals surface area contributed by atoms with Crippen molar-refractivity contribution in [2.45, 2.75) is 50.9 Å². The number of unbranched alkanes of at least 4 members (excludes halogenated alkanes) is 1. The highest BCUT2D eigenvalue weighted by atomic mass is 19.4. The highest BCUT2D eigenvalue weighted by molar-refractivity contribution is 5.87. The Kier molecular flexibility index (Phi) is 7.85. The minimum absolute atomic E-state index is 0.0254. The predicted molar refractivity (Wildman–Crippen MR) is 82.9 cm³/mol. The zero-order chi connectivity index (χ0) is 19.0. The third kappa shape index (κ3) is 6.71. The molecule has 0 aromatic rings. The fourth-order valence-corrected chi connectivity index (χ4v) is 2.36. The molecule has 0 spiro atoms. The highest BCUT2D eigenvalue weighted by Crippen LogP contribution is 2.17. The number of hydrogen-bond donors (Lipinski definition) is 2. The molecule has 0 saturated carbocycles. The van der Waals surface area contributed by atoms with E-state index in [1.54, 1.807) is 11.5 Å². The van der Waals surface area contributed by atoms with Crippen LogP contribution in [-0.2, 0) is 19.1 Å². The molecule has 1 heterocycles. The lowest BCUT2D eigenvalue weighted by atomic mass is 10.0. The van der Waals surface area contributed by atoms with Crippen LogP contribution in [0.3, 0.4) is 0 Å². The molecule has 0 radical (unpaired) electrons. The molecule has 0 unspecified atom stereocenters. The van der Waals surface area contributed by atoms with E-state index < -0.39 is 30.1 Å². The molecule has 10 heteroatoms. The number of carbonyl (C=O) groups excluding carboxylic acids is 3. The van der Waals surface area contributed by atoms with Crippen molar-refractivity contribution in [3.63, 3.8) is 0 Å². The first-order valence-corrected chi connectivity index (χ1v) is 7.91. The number of amides is 2. The molecule has 1 aliphatic rings. The van der Waals surface area contributed by atoms with Gasteiger partial charge in [-0.25, -0.2) is 4.79 Å². The maximum Gasteiger partial charge on any atom is 0.471 e. The van der Waals surface area contributed by atoms with Crippen LogP contribution in [0.1, 0.15) is 32.6 Å². The van der Waals surface area contributed by atoms with Crippen molar-refractivity contribution in [3.05, 3.63) is 0 Å². The summed E-state index contributed by atoms with van der Waals surface area (Å²) in [5, 5.41) is 4.31. The Balaban J connectivity index is 2.34. The largest absolute Gasteiger partial charge is 0.471 e. The Bertz CT molecular complexity index is 523. The van der Waals surface area contributed by atoms with Gasteiger partial charge >= 0.3 is 18.1 Å². The summed E-state index contributed by atoms with van der Waals surface area (Å²) >= 11 is 0. The molecule has 25 heavy (non-hydrogen) atoms. The first-order valence-electron chi connectivity index (χ1n) is 7.91. The number of hydrogen-bond acceptors (Lipinski definition) is 5. The molecule has 142 valence electrons. The van der Waals surface area contributed by atoms with Crippen molar-refractivity contribution in [3.8, 4) is 0 Å². The predicted octanol–water partition coefficient (Wildman–Crippen LogP) is 0.972. The topological polar surface area (TPSA) is 96.9 Å². The number of ether oxygens (including phenoxy) is 1. The second-order valence-electron chi connectivity index (χ2n) is 5.82. The average molecular weight is 365 g/mol. The molecule has 0 fully saturated rings. The van der Waals surface area contributed by atoms with Gasteiger partial charge in [0, 0.05) is 12.8 Å². The zero-order valence-electron chi connectivity index (χ0n) is 14.1. The fraction of sp³-hybridized carbons (Fsp3) is 0.733.